The molecule has 1 aromatic carbocycles. The van der Waals surface area contributed by atoms with Crippen molar-refractivity contribution < 1.29 is 20.3 Å². The Morgan fingerprint density at radius 3 is 2.22 bits per heavy atom. The van der Waals surface area contributed by atoms with Crippen LogP contribution in [0.1, 0.15) is 18.9 Å². The van der Waals surface area contributed by atoms with Gasteiger partial charge in [-0.1, -0.05) is 48.6 Å². The molecule has 0 aliphatic rings. The van der Waals surface area contributed by atoms with E-state index in [1.807, 2.05) is 6.08 Å². The molecular weight excluding hydrogens is 234 g/mol. The molecule has 1 unspecified atom stereocenters. The second-order valence-electron chi connectivity index (χ2n) is 3.56. The number of benzene rings is 1. The summed E-state index contributed by atoms with van der Waals surface area (Å²) in [5.41, 5.74) is 0.730. The quantitative estimate of drug-likeness (QED) is 0.554. The van der Waals surface area contributed by atoms with Crippen LogP contribution in [0.5, 0.6) is 0 Å². The average Bonchev–Trinajstić information content (AvgIpc) is 2.36. The van der Waals surface area contributed by atoms with Crippen molar-refractivity contribution >= 4 is 5.97 Å². The van der Waals surface area contributed by atoms with Crippen LogP contribution in [0.25, 0.3) is 0 Å². The van der Waals surface area contributed by atoms with Crippen molar-refractivity contribution in [3.8, 4) is 0 Å². The van der Waals surface area contributed by atoms with Gasteiger partial charge in [-0.15, -0.1) is 6.58 Å². The largest absolute Gasteiger partial charge is 0.480 e. The smallest absolute Gasteiger partial charge is 0.326 e. The molecule has 1 atom stereocenters. The van der Waals surface area contributed by atoms with E-state index in [1.54, 1.807) is 30.3 Å². The minimum atomic E-state index is -1.34. The van der Waals surface area contributed by atoms with Gasteiger partial charge in [0.2, 0.25) is 0 Å². The lowest BCUT2D eigenvalue weighted by atomic mass is 10.1. The van der Waals surface area contributed by atoms with Gasteiger partial charge in [0.1, 0.15) is 0 Å². The molecule has 1 rings (SSSR count). The van der Waals surface area contributed by atoms with Gasteiger partial charge in [0.25, 0.3) is 0 Å². The highest BCUT2D eigenvalue weighted by molar-refractivity contribution is 5.73. The Hall–Kier alpha value is -1.69. The molecule has 0 aliphatic carbocycles. The number of carbonyl (C=O) groups is 1. The minimum absolute atomic E-state index is 0.0448. The zero-order chi connectivity index (χ0) is 14.0. The molecule has 0 aliphatic heterocycles. The van der Waals surface area contributed by atoms with E-state index < -0.39 is 12.0 Å². The standard InChI is InChI=1S/C9H11NO4.C4H8/c11-9(12)8(10(13)14)6-7-4-2-1-3-5-7;1-3-4-2/h1-5,8,13-14H,6H2,(H,11,12);3H,1,4H2,2H3. The van der Waals surface area contributed by atoms with E-state index in [0.29, 0.717) is 0 Å². The van der Waals surface area contributed by atoms with Gasteiger partial charge >= 0.3 is 5.97 Å². The summed E-state index contributed by atoms with van der Waals surface area (Å²) in [7, 11) is 0. The van der Waals surface area contributed by atoms with Crippen molar-refractivity contribution in [2.24, 2.45) is 0 Å². The summed E-state index contributed by atoms with van der Waals surface area (Å²) in [6, 6.07) is 7.42. The highest BCUT2D eigenvalue weighted by atomic mass is 16.8. The topological polar surface area (TPSA) is 81.0 Å². The molecule has 0 aromatic heterocycles. The van der Waals surface area contributed by atoms with Gasteiger partial charge in [-0.3, -0.25) is 15.2 Å². The van der Waals surface area contributed by atoms with Gasteiger partial charge < -0.3 is 5.11 Å². The van der Waals surface area contributed by atoms with Crippen molar-refractivity contribution in [3.63, 3.8) is 0 Å². The Balaban J connectivity index is 0.000000631. The molecule has 0 saturated heterocycles. The number of carboxylic acid groups (broad SMARTS) is 1. The fraction of sp³-hybridized carbons (Fsp3) is 0.308. The Bertz CT molecular complexity index is 351. The summed E-state index contributed by atoms with van der Waals surface area (Å²) in [6.45, 7) is 5.54. The summed E-state index contributed by atoms with van der Waals surface area (Å²) < 4.78 is 0. The van der Waals surface area contributed by atoms with E-state index >= 15 is 0 Å². The summed E-state index contributed by atoms with van der Waals surface area (Å²) in [5.74, 6) is -1.28. The number of carboxylic acids is 1. The lowest BCUT2D eigenvalue weighted by Gasteiger charge is -2.15. The fourth-order valence-electron chi connectivity index (χ4n) is 1.11. The van der Waals surface area contributed by atoms with Gasteiger partial charge in [0.05, 0.1) is 0 Å². The van der Waals surface area contributed by atoms with Gasteiger partial charge in [0, 0.05) is 6.42 Å². The molecule has 0 amide bonds. The number of hydroxylamine groups is 2. The number of nitrogens with zero attached hydrogens (tertiary/aromatic N) is 1. The van der Waals surface area contributed by atoms with Crippen molar-refractivity contribution in [2.75, 3.05) is 0 Å². The monoisotopic (exact) mass is 253 g/mol. The van der Waals surface area contributed by atoms with Crippen molar-refractivity contribution in [3.05, 3.63) is 48.6 Å². The van der Waals surface area contributed by atoms with Gasteiger partial charge in [0.15, 0.2) is 6.04 Å². The highest BCUT2D eigenvalue weighted by Crippen LogP contribution is 2.06. The van der Waals surface area contributed by atoms with Gasteiger partial charge in [-0.25, -0.2) is 0 Å². The molecule has 5 nitrogen and oxygen atoms in total. The molecule has 5 heteroatoms. The maximum atomic E-state index is 10.6. The molecule has 0 bridgehead atoms. The normalized spacial score (nSPS) is 11.3. The zero-order valence-corrected chi connectivity index (χ0v) is 10.4. The summed E-state index contributed by atoms with van der Waals surface area (Å²) in [4.78, 5) is 10.6. The first-order valence-electron chi connectivity index (χ1n) is 5.57. The third kappa shape index (κ3) is 6.80. The third-order valence-electron chi connectivity index (χ3n) is 2.12. The molecule has 0 radical (unpaired) electrons. The van der Waals surface area contributed by atoms with Crippen LogP contribution in [-0.2, 0) is 11.2 Å². The summed E-state index contributed by atoms with van der Waals surface area (Å²) in [5, 5.41) is 25.7. The first kappa shape index (κ1) is 16.3. The molecule has 0 saturated carbocycles. The van der Waals surface area contributed by atoms with E-state index in [4.69, 9.17) is 15.5 Å². The predicted octanol–water partition coefficient (Wildman–Crippen LogP) is 2.35. The highest BCUT2D eigenvalue weighted by Gasteiger charge is 2.23. The Labute approximate surface area is 107 Å². The van der Waals surface area contributed by atoms with E-state index in [0.717, 1.165) is 12.0 Å². The first-order chi connectivity index (χ1) is 8.52. The number of hydrogen-bond acceptors (Lipinski definition) is 4. The van der Waals surface area contributed by atoms with Crippen LogP contribution < -0.4 is 0 Å². The molecule has 1 aromatic rings. The van der Waals surface area contributed by atoms with E-state index in [9.17, 15) is 4.79 Å². The second-order valence-corrected chi connectivity index (χ2v) is 3.56. The first-order valence-corrected chi connectivity index (χ1v) is 5.57. The van der Waals surface area contributed by atoms with E-state index in [1.165, 1.54) is 0 Å². The molecular formula is C13H19NO4. The number of aliphatic carboxylic acids is 1. The predicted molar refractivity (Wildman–Crippen MR) is 67.5 cm³/mol. The molecule has 0 fully saturated rings. The molecule has 100 valence electrons. The Morgan fingerprint density at radius 2 is 1.89 bits per heavy atom. The summed E-state index contributed by atoms with van der Waals surface area (Å²) >= 11 is 0. The summed E-state index contributed by atoms with van der Waals surface area (Å²) in [6.07, 6.45) is 3.00. The lowest BCUT2D eigenvalue weighted by Crippen LogP contribution is -2.38. The van der Waals surface area contributed by atoms with Crippen LogP contribution in [-0.4, -0.2) is 32.8 Å². The van der Waals surface area contributed by atoms with Crippen molar-refractivity contribution in [1.29, 1.82) is 0 Å². The van der Waals surface area contributed by atoms with Gasteiger partial charge in [-0.2, -0.15) is 0 Å². The third-order valence-corrected chi connectivity index (χ3v) is 2.12. The van der Waals surface area contributed by atoms with Gasteiger partial charge in [-0.05, 0) is 12.0 Å². The SMILES string of the molecule is C=CCC.O=C(O)C(Cc1ccccc1)N(O)O. The second kappa shape index (κ2) is 9.35. The van der Waals surface area contributed by atoms with E-state index in [-0.39, 0.29) is 11.6 Å². The molecule has 18 heavy (non-hydrogen) atoms. The van der Waals surface area contributed by atoms with Crippen LogP contribution in [0.3, 0.4) is 0 Å². The average molecular weight is 253 g/mol. The van der Waals surface area contributed by atoms with Crippen molar-refractivity contribution in [2.45, 2.75) is 25.8 Å². The number of hydrogen-bond donors (Lipinski definition) is 3. The van der Waals surface area contributed by atoms with E-state index in [2.05, 4.69) is 13.5 Å². The zero-order valence-electron chi connectivity index (χ0n) is 10.4. The van der Waals surface area contributed by atoms with Crippen LogP contribution >= 0.6 is 0 Å². The van der Waals surface area contributed by atoms with Crippen molar-refractivity contribution in [1.82, 2.24) is 5.23 Å². The molecule has 0 heterocycles. The maximum Gasteiger partial charge on any atom is 0.326 e. The number of rotatable bonds is 5. The molecule has 3 N–H and O–H groups in total. The Kier molecular flexibility index (Phi) is 8.47. The van der Waals surface area contributed by atoms with Crippen LogP contribution in [0.15, 0.2) is 43.0 Å². The maximum absolute atomic E-state index is 10.6. The lowest BCUT2D eigenvalue weighted by molar-refractivity contribution is -0.327. The van der Waals surface area contributed by atoms with Crippen LogP contribution in [0.4, 0.5) is 0 Å². The fourth-order valence-corrected chi connectivity index (χ4v) is 1.11. The Morgan fingerprint density at radius 1 is 1.39 bits per heavy atom. The minimum Gasteiger partial charge on any atom is -0.480 e. The molecule has 0 spiro atoms. The van der Waals surface area contributed by atoms with Crippen LogP contribution in [0, 0.1) is 0 Å². The van der Waals surface area contributed by atoms with Crippen LogP contribution in [0.2, 0.25) is 0 Å². The number of allylic oxidation sites excluding steroid dienone is 1.